The Labute approximate surface area is 198 Å². The van der Waals surface area contributed by atoms with Crippen LogP contribution in [-0.2, 0) is 30.0 Å². The van der Waals surface area contributed by atoms with Crippen LogP contribution in [0.3, 0.4) is 0 Å². The normalized spacial score (nSPS) is 18.5. The fraction of sp³-hybridized carbons (Fsp3) is 0.385. The zero-order valence-corrected chi connectivity index (χ0v) is 18.9. The van der Waals surface area contributed by atoms with Gasteiger partial charge in [0.25, 0.3) is 0 Å². The predicted octanol–water partition coefficient (Wildman–Crippen LogP) is 6.58. The van der Waals surface area contributed by atoms with E-state index in [9.17, 15) is 35.9 Å². The van der Waals surface area contributed by atoms with Crippen molar-refractivity contribution in [2.75, 3.05) is 11.4 Å². The molecule has 0 bridgehead atoms. The monoisotopic (exact) mass is 495 g/mol. The lowest BCUT2D eigenvalue weighted by atomic mass is 9.84. The van der Waals surface area contributed by atoms with Gasteiger partial charge in [0, 0.05) is 30.3 Å². The third-order valence-electron chi connectivity index (χ3n) is 6.68. The molecule has 0 N–H and O–H groups in total. The van der Waals surface area contributed by atoms with Gasteiger partial charge in [-0.05, 0) is 55.0 Å². The highest BCUT2D eigenvalue weighted by molar-refractivity contribution is 6.28. The van der Waals surface area contributed by atoms with Crippen LogP contribution in [0, 0.1) is 0 Å². The molecule has 1 heterocycles. The Morgan fingerprint density at radius 1 is 1.03 bits per heavy atom. The van der Waals surface area contributed by atoms with Gasteiger partial charge in [-0.2, -0.15) is 26.3 Å². The summed E-state index contributed by atoms with van der Waals surface area (Å²) in [6, 6.07) is 7.21. The van der Waals surface area contributed by atoms with Crippen LogP contribution in [-0.4, -0.2) is 24.2 Å². The number of rotatable bonds is 5. The minimum atomic E-state index is -4.81. The number of halogens is 6. The molecule has 1 saturated heterocycles. The molecule has 35 heavy (non-hydrogen) atoms. The van der Waals surface area contributed by atoms with E-state index in [0.717, 1.165) is 31.4 Å². The van der Waals surface area contributed by atoms with Crippen molar-refractivity contribution in [3.63, 3.8) is 0 Å². The first-order valence-electron chi connectivity index (χ1n) is 11.4. The Bertz CT molecular complexity index is 1200. The van der Waals surface area contributed by atoms with Gasteiger partial charge >= 0.3 is 12.4 Å². The van der Waals surface area contributed by atoms with Crippen LogP contribution in [0.2, 0.25) is 0 Å². The average molecular weight is 495 g/mol. The molecule has 4 rings (SSSR count). The number of hydrogen-bond donors (Lipinski definition) is 0. The van der Waals surface area contributed by atoms with Crippen molar-refractivity contribution in [3.8, 4) is 0 Å². The smallest absolute Gasteiger partial charge is 0.369 e. The van der Waals surface area contributed by atoms with Crippen molar-refractivity contribution in [3.05, 3.63) is 75.9 Å². The number of allylic oxidation sites excluding steroid dienone is 2. The molecule has 9 heteroatoms. The Morgan fingerprint density at radius 2 is 1.74 bits per heavy atom. The first-order valence-corrected chi connectivity index (χ1v) is 11.4. The highest BCUT2D eigenvalue weighted by Gasteiger charge is 2.40. The van der Waals surface area contributed by atoms with E-state index in [1.165, 1.54) is 30.3 Å². The lowest BCUT2D eigenvalue weighted by Gasteiger charge is -2.27. The van der Waals surface area contributed by atoms with Crippen LogP contribution in [0.15, 0.2) is 48.0 Å². The molecule has 1 atom stereocenters. The van der Waals surface area contributed by atoms with E-state index < -0.39 is 52.6 Å². The number of fused-ring (bicyclic) bond motifs is 1. The summed E-state index contributed by atoms with van der Waals surface area (Å²) in [4.78, 5) is 27.7. The topological polar surface area (TPSA) is 37.4 Å². The Morgan fingerprint density at radius 3 is 2.40 bits per heavy atom. The van der Waals surface area contributed by atoms with E-state index in [2.05, 4.69) is 0 Å². The summed E-state index contributed by atoms with van der Waals surface area (Å²) in [6.45, 7) is 2.61. The standard InChI is InChI=1S/C26H23F6NO2/c1-2-17-6-4-12-33(17)18-10-8-16(21(14-18)26(30,31)32)13-22(34)19-11-9-15-5-3-7-20(25(27,28)29)23(15)24(19)35/h3,5,7-8,10-11,14,17H,2,4,6,9,12-13H2,1H3. The van der Waals surface area contributed by atoms with Crippen molar-refractivity contribution in [2.45, 2.75) is 57.4 Å². The molecule has 1 unspecified atom stereocenters. The van der Waals surface area contributed by atoms with Gasteiger partial charge in [-0.25, -0.2) is 0 Å². The first-order chi connectivity index (χ1) is 16.4. The Hall–Kier alpha value is -3.10. The molecule has 3 nitrogen and oxygen atoms in total. The lowest BCUT2D eigenvalue weighted by molar-refractivity contribution is -0.139. The molecule has 2 aromatic rings. The number of ketones is 2. The maximum atomic E-state index is 13.9. The zero-order valence-electron chi connectivity index (χ0n) is 18.9. The highest BCUT2D eigenvalue weighted by Crippen LogP contribution is 2.39. The number of Topliss-reactive ketones (excluding diaryl/α,β-unsaturated/α-hetero) is 2. The maximum Gasteiger partial charge on any atom is 0.417 e. The van der Waals surface area contributed by atoms with Crippen LogP contribution in [0.25, 0.3) is 0 Å². The molecule has 1 aliphatic carbocycles. The molecule has 1 fully saturated rings. The van der Waals surface area contributed by atoms with Crippen LogP contribution in [0.1, 0.15) is 58.8 Å². The van der Waals surface area contributed by atoms with Crippen molar-refractivity contribution >= 4 is 17.3 Å². The summed E-state index contributed by atoms with van der Waals surface area (Å²) in [6.07, 6.45) is -6.64. The van der Waals surface area contributed by atoms with E-state index in [1.807, 2.05) is 11.8 Å². The van der Waals surface area contributed by atoms with Gasteiger partial charge in [0.15, 0.2) is 11.6 Å². The van der Waals surface area contributed by atoms with E-state index in [-0.39, 0.29) is 23.6 Å². The third kappa shape index (κ3) is 4.86. The molecule has 0 radical (unpaired) electrons. The summed E-state index contributed by atoms with van der Waals surface area (Å²) in [5.74, 6) is -2.05. The summed E-state index contributed by atoms with van der Waals surface area (Å²) < 4.78 is 82.1. The highest BCUT2D eigenvalue weighted by atomic mass is 19.4. The zero-order chi connectivity index (χ0) is 25.5. The molecular formula is C26H23F6NO2. The number of hydrogen-bond acceptors (Lipinski definition) is 3. The SMILES string of the molecule is CCC1CCCN1c1ccc(CC(=O)C2=CCc3cccc(C(F)(F)F)c3C2=O)c(C(F)(F)F)c1. The van der Waals surface area contributed by atoms with Gasteiger partial charge in [0.05, 0.1) is 16.7 Å². The number of alkyl halides is 6. The van der Waals surface area contributed by atoms with Crippen LogP contribution >= 0.6 is 0 Å². The van der Waals surface area contributed by atoms with Crippen molar-refractivity contribution in [1.82, 2.24) is 0 Å². The Balaban J connectivity index is 1.64. The molecule has 1 aliphatic heterocycles. The number of nitrogens with zero attached hydrogens (tertiary/aromatic N) is 1. The molecule has 0 amide bonds. The second-order valence-corrected chi connectivity index (χ2v) is 8.83. The van der Waals surface area contributed by atoms with Crippen LogP contribution in [0.5, 0.6) is 0 Å². The minimum absolute atomic E-state index is 0.0928. The van der Waals surface area contributed by atoms with Crippen LogP contribution < -0.4 is 4.90 Å². The molecule has 0 aromatic heterocycles. The second-order valence-electron chi connectivity index (χ2n) is 8.83. The second kappa shape index (κ2) is 9.17. The third-order valence-corrected chi connectivity index (χ3v) is 6.68. The van der Waals surface area contributed by atoms with Gasteiger partial charge in [0.1, 0.15) is 0 Å². The lowest BCUT2D eigenvalue weighted by Crippen LogP contribution is -2.29. The van der Waals surface area contributed by atoms with E-state index in [4.69, 9.17) is 0 Å². The van der Waals surface area contributed by atoms with E-state index in [0.29, 0.717) is 12.2 Å². The number of anilines is 1. The quantitative estimate of drug-likeness (QED) is 0.347. The van der Waals surface area contributed by atoms with Crippen molar-refractivity contribution in [2.24, 2.45) is 0 Å². The van der Waals surface area contributed by atoms with Crippen molar-refractivity contribution < 1.29 is 35.9 Å². The number of benzene rings is 2. The largest absolute Gasteiger partial charge is 0.417 e. The molecule has 2 aromatic carbocycles. The van der Waals surface area contributed by atoms with E-state index >= 15 is 0 Å². The van der Waals surface area contributed by atoms with Crippen molar-refractivity contribution in [1.29, 1.82) is 0 Å². The van der Waals surface area contributed by atoms with Gasteiger partial charge in [-0.15, -0.1) is 0 Å². The summed E-state index contributed by atoms with van der Waals surface area (Å²) in [5.41, 5.74) is -3.05. The molecule has 2 aliphatic rings. The fourth-order valence-electron chi connectivity index (χ4n) is 4.98. The van der Waals surface area contributed by atoms with Crippen LogP contribution in [0.4, 0.5) is 32.0 Å². The van der Waals surface area contributed by atoms with E-state index in [1.54, 1.807) is 0 Å². The van der Waals surface area contributed by atoms with Gasteiger partial charge in [-0.1, -0.05) is 31.2 Å². The average Bonchev–Trinajstić information content (AvgIpc) is 3.27. The molecule has 0 spiro atoms. The summed E-state index contributed by atoms with van der Waals surface area (Å²) in [7, 11) is 0. The predicted molar refractivity (Wildman–Crippen MR) is 118 cm³/mol. The minimum Gasteiger partial charge on any atom is -0.369 e. The fourth-order valence-corrected chi connectivity index (χ4v) is 4.98. The maximum absolute atomic E-state index is 13.9. The number of carbonyl (C=O) groups excluding carboxylic acids is 2. The molecule has 0 saturated carbocycles. The summed E-state index contributed by atoms with van der Waals surface area (Å²) >= 11 is 0. The van der Waals surface area contributed by atoms with Gasteiger partial charge in [0.2, 0.25) is 0 Å². The first kappa shape index (κ1) is 25.0. The number of carbonyl (C=O) groups is 2. The summed E-state index contributed by atoms with van der Waals surface area (Å²) in [5, 5.41) is 0. The van der Waals surface area contributed by atoms with Gasteiger partial charge in [-0.3, -0.25) is 9.59 Å². The molecular weight excluding hydrogens is 472 g/mol. The van der Waals surface area contributed by atoms with Gasteiger partial charge < -0.3 is 4.90 Å². The Kier molecular flexibility index (Phi) is 6.55. The molecule has 186 valence electrons.